The van der Waals surface area contributed by atoms with Crippen LogP contribution in [0, 0.1) is 5.92 Å². The molecule has 94 valence electrons. The predicted octanol–water partition coefficient (Wildman–Crippen LogP) is 2.50. The van der Waals surface area contributed by atoms with Gasteiger partial charge in [-0.15, -0.1) is 0 Å². The first kappa shape index (κ1) is 13.5. The van der Waals surface area contributed by atoms with Crippen LogP contribution in [0.1, 0.15) is 52.9 Å². The van der Waals surface area contributed by atoms with Crippen molar-refractivity contribution in [3.63, 3.8) is 0 Å². The summed E-state index contributed by atoms with van der Waals surface area (Å²) in [5.74, 6) is 0.743. The van der Waals surface area contributed by atoms with Crippen LogP contribution in [-0.2, 0) is 9.53 Å². The second-order valence-electron chi connectivity index (χ2n) is 5.18. The van der Waals surface area contributed by atoms with Crippen molar-refractivity contribution in [3.8, 4) is 0 Å². The number of carbonyl (C=O) groups is 1. The van der Waals surface area contributed by atoms with E-state index in [0.717, 1.165) is 25.9 Å². The monoisotopic (exact) mass is 227 g/mol. The second kappa shape index (κ2) is 6.89. The van der Waals surface area contributed by atoms with Gasteiger partial charge in [0.05, 0.1) is 12.1 Å². The standard InChI is InChI=1S/C13H25NO2/c1-10(2)8-9-16-13-7-5-4-6-12(13)14-11(3)15/h10,12-13H,4-9H2,1-3H3,(H,14,15)/t12-,13+/m1/s1. The maximum absolute atomic E-state index is 11.1. The molecule has 1 fully saturated rings. The largest absolute Gasteiger partial charge is 0.376 e. The molecule has 1 saturated carbocycles. The number of hydrogen-bond donors (Lipinski definition) is 1. The van der Waals surface area contributed by atoms with Gasteiger partial charge in [-0.1, -0.05) is 26.7 Å². The third-order valence-electron chi connectivity index (χ3n) is 3.12. The van der Waals surface area contributed by atoms with Crippen molar-refractivity contribution < 1.29 is 9.53 Å². The van der Waals surface area contributed by atoms with E-state index < -0.39 is 0 Å². The van der Waals surface area contributed by atoms with Gasteiger partial charge in [0.1, 0.15) is 0 Å². The van der Waals surface area contributed by atoms with Gasteiger partial charge in [0, 0.05) is 13.5 Å². The molecule has 3 nitrogen and oxygen atoms in total. The number of rotatable bonds is 5. The van der Waals surface area contributed by atoms with Crippen LogP contribution >= 0.6 is 0 Å². The van der Waals surface area contributed by atoms with Crippen molar-refractivity contribution in [2.75, 3.05) is 6.61 Å². The van der Waals surface area contributed by atoms with Crippen LogP contribution < -0.4 is 5.32 Å². The summed E-state index contributed by atoms with van der Waals surface area (Å²) in [6.45, 7) is 6.81. The van der Waals surface area contributed by atoms with Crippen LogP contribution in [0.25, 0.3) is 0 Å². The molecule has 16 heavy (non-hydrogen) atoms. The Morgan fingerprint density at radius 2 is 2.06 bits per heavy atom. The van der Waals surface area contributed by atoms with Gasteiger partial charge in [0.25, 0.3) is 0 Å². The summed E-state index contributed by atoms with van der Waals surface area (Å²) < 4.78 is 5.89. The Morgan fingerprint density at radius 1 is 1.38 bits per heavy atom. The third kappa shape index (κ3) is 4.97. The van der Waals surface area contributed by atoms with Crippen LogP contribution in [0.15, 0.2) is 0 Å². The maximum atomic E-state index is 11.1. The summed E-state index contributed by atoms with van der Waals surface area (Å²) in [6.07, 6.45) is 5.91. The Labute approximate surface area is 98.9 Å². The van der Waals surface area contributed by atoms with E-state index in [2.05, 4.69) is 19.2 Å². The highest BCUT2D eigenvalue weighted by Gasteiger charge is 2.26. The molecule has 0 aromatic carbocycles. The van der Waals surface area contributed by atoms with Crippen molar-refractivity contribution in [2.24, 2.45) is 5.92 Å². The molecule has 0 saturated heterocycles. The first-order valence-corrected chi connectivity index (χ1v) is 6.48. The molecule has 0 spiro atoms. The summed E-state index contributed by atoms with van der Waals surface area (Å²) in [4.78, 5) is 11.1. The van der Waals surface area contributed by atoms with E-state index in [4.69, 9.17) is 4.74 Å². The van der Waals surface area contributed by atoms with Crippen molar-refractivity contribution in [3.05, 3.63) is 0 Å². The highest BCUT2D eigenvalue weighted by Crippen LogP contribution is 2.21. The Morgan fingerprint density at radius 3 is 2.69 bits per heavy atom. The normalized spacial score (nSPS) is 25.8. The molecule has 0 bridgehead atoms. The lowest BCUT2D eigenvalue weighted by Crippen LogP contribution is -2.45. The molecule has 1 aliphatic carbocycles. The SMILES string of the molecule is CC(=O)N[C@@H]1CCCC[C@@H]1OCCC(C)C. The molecule has 0 aliphatic heterocycles. The summed E-state index contributed by atoms with van der Waals surface area (Å²) >= 11 is 0. The lowest BCUT2D eigenvalue weighted by Gasteiger charge is -2.32. The quantitative estimate of drug-likeness (QED) is 0.783. The fraction of sp³-hybridized carbons (Fsp3) is 0.923. The molecule has 0 radical (unpaired) electrons. The van der Waals surface area contributed by atoms with Gasteiger partial charge in [-0.2, -0.15) is 0 Å². The Balaban J connectivity index is 2.31. The molecule has 0 aromatic rings. The van der Waals surface area contributed by atoms with E-state index in [-0.39, 0.29) is 18.1 Å². The van der Waals surface area contributed by atoms with Crippen LogP contribution in [0.3, 0.4) is 0 Å². The van der Waals surface area contributed by atoms with Gasteiger partial charge in [-0.3, -0.25) is 4.79 Å². The molecule has 1 aliphatic rings. The van der Waals surface area contributed by atoms with Gasteiger partial charge >= 0.3 is 0 Å². The number of carbonyl (C=O) groups excluding carboxylic acids is 1. The van der Waals surface area contributed by atoms with Crippen LogP contribution in [0.5, 0.6) is 0 Å². The van der Waals surface area contributed by atoms with Gasteiger partial charge in [-0.25, -0.2) is 0 Å². The van der Waals surface area contributed by atoms with E-state index in [1.165, 1.54) is 12.8 Å². The molecule has 2 atom stereocenters. The minimum absolute atomic E-state index is 0.0596. The first-order chi connectivity index (χ1) is 7.59. The molecular weight excluding hydrogens is 202 g/mol. The van der Waals surface area contributed by atoms with Crippen LogP contribution in [-0.4, -0.2) is 24.7 Å². The molecule has 1 amide bonds. The van der Waals surface area contributed by atoms with E-state index in [1.54, 1.807) is 6.92 Å². The highest BCUT2D eigenvalue weighted by atomic mass is 16.5. The summed E-state index contributed by atoms with van der Waals surface area (Å²) in [6, 6.07) is 0.235. The minimum Gasteiger partial charge on any atom is -0.376 e. The summed E-state index contributed by atoms with van der Waals surface area (Å²) in [7, 11) is 0. The first-order valence-electron chi connectivity index (χ1n) is 6.48. The Hall–Kier alpha value is -0.570. The molecule has 3 heteroatoms. The Bertz CT molecular complexity index is 216. The minimum atomic E-state index is 0.0596. The van der Waals surface area contributed by atoms with Crippen LogP contribution in [0.4, 0.5) is 0 Å². The lowest BCUT2D eigenvalue weighted by molar-refractivity contribution is -0.121. The predicted molar refractivity (Wildman–Crippen MR) is 65.3 cm³/mol. The topological polar surface area (TPSA) is 38.3 Å². The van der Waals surface area contributed by atoms with E-state index in [9.17, 15) is 4.79 Å². The molecule has 0 aromatic heterocycles. The highest BCUT2D eigenvalue weighted by molar-refractivity contribution is 5.73. The Kier molecular flexibility index (Phi) is 5.81. The van der Waals surface area contributed by atoms with Crippen molar-refractivity contribution in [2.45, 2.75) is 65.0 Å². The number of hydrogen-bond acceptors (Lipinski definition) is 2. The zero-order chi connectivity index (χ0) is 12.0. The third-order valence-corrected chi connectivity index (χ3v) is 3.12. The number of amides is 1. The van der Waals surface area contributed by atoms with Crippen LogP contribution in [0.2, 0.25) is 0 Å². The molecule has 1 rings (SSSR count). The molecule has 0 heterocycles. The average molecular weight is 227 g/mol. The number of nitrogens with one attached hydrogen (secondary N) is 1. The second-order valence-corrected chi connectivity index (χ2v) is 5.18. The van der Waals surface area contributed by atoms with Gasteiger partial charge in [-0.05, 0) is 25.2 Å². The smallest absolute Gasteiger partial charge is 0.217 e. The summed E-state index contributed by atoms with van der Waals surface area (Å²) in [5, 5.41) is 3.01. The van der Waals surface area contributed by atoms with Gasteiger partial charge < -0.3 is 10.1 Å². The lowest BCUT2D eigenvalue weighted by atomic mass is 9.92. The average Bonchev–Trinajstić information content (AvgIpc) is 2.19. The summed E-state index contributed by atoms with van der Waals surface area (Å²) in [5.41, 5.74) is 0. The fourth-order valence-electron chi connectivity index (χ4n) is 2.18. The van der Waals surface area contributed by atoms with Gasteiger partial charge in [0.2, 0.25) is 5.91 Å². The fourth-order valence-corrected chi connectivity index (χ4v) is 2.18. The van der Waals surface area contributed by atoms with Crippen molar-refractivity contribution >= 4 is 5.91 Å². The van der Waals surface area contributed by atoms with E-state index in [0.29, 0.717) is 5.92 Å². The molecule has 1 N–H and O–H groups in total. The van der Waals surface area contributed by atoms with Gasteiger partial charge in [0.15, 0.2) is 0 Å². The molecular formula is C13H25NO2. The zero-order valence-corrected chi connectivity index (χ0v) is 10.8. The number of ether oxygens (including phenoxy) is 1. The van der Waals surface area contributed by atoms with Crippen molar-refractivity contribution in [1.82, 2.24) is 5.32 Å². The zero-order valence-electron chi connectivity index (χ0n) is 10.8. The molecule has 0 unspecified atom stereocenters. The van der Waals surface area contributed by atoms with E-state index >= 15 is 0 Å². The van der Waals surface area contributed by atoms with Crippen molar-refractivity contribution in [1.29, 1.82) is 0 Å². The maximum Gasteiger partial charge on any atom is 0.217 e. The van der Waals surface area contributed by atoms with E-state index in [1.807, 2.05) is 0 Å².